The van der Waals surface area contributed by atoms with Crippen LogP contribution in [0.2, 0.25) is 5.02 Å². The third kappa shape index (κ3) is 3.67. The highest BCUT2D eigenvalue weighted by atomic mass is 35.5. The lowest BCUT2D eigenvalue weighted by Gasteiger charge is -2.05. The standard InChI is InChI=1S/C18H15ClN6OS/c1-26-14-7-6-10(19)8-12(14)17-23-18(25-24-17)27-9-15-21-13-5-3-2-4-11(13)16(20)22-15/h2-8H,9H2,1H3,(H2,20,21,22)(H,23,24,25). The molecule has 2 aromatic carbocycles. The lowest BCUT2D eigenvalue weighted by molar-refractivity contribution is 0.416. The van der Waals surface area contributed by atoms with Crippen LogP contribution in [0.5, 0.6) is 5.75 Å². The Balaban J connectivity index is 1.55. The summed E-state index contributed by atoms with van der Waals surface area (Å²) in [5.74, 6) is 2.84. The van der Waals surface area contributed by atoms with E-state index in [1.165, 1.54) is 11.8 Å². The maximum atomic E-state index is 6.08. The number of nitrogens with two attached hydrogens (primary N) is 1. The summed E-state index contributed by atoms with van der Waals surface area (Å²) >= 11 is 7.50. The summed E-state index contributed by atoms with van der Waals surface area (Å²) in [6.07, 6.45) is 0. The summed E-state index contributed by atoms with van der Waals surface area (Å²) in [5, 5.41) is 9.17. The van der Waals surface area contributed by atoms with Crippen LogP contribution in [0.3, 0.4) is 0 Å². The molecule has 4 rings (SSSR count). The molecule has 0 radical (unpaired) electrons. The number of H-pyrrole nitrogens is 1. The van der Waals surface area contributed by atoms with Crippen molar-refractivity contribution in [3.8, 4) is 17.1 Å². The van der Waals surface area contributed by atoms with Crippen LogP contribution in [0, 0.1) is 0 Å². The minimum atomic E-state index is 0.468. The normalized spacial score (nSPS) is 11.0. The largest absolute Gasteiger partial charge is 0.496 e. The summed E-state index contributed by atoms with van der Waals surface area (Å²) in [6, 6.07) is 13.0. The van der Waals surface area contributed by atoms with Gasteiger partial charge in [0.1, 0.15) is 17.4 Å². The summed E-state index contributed by atoms with van der Waals surface area (Å²) < 4.78 is 5.36. The van der Waals surface area contributed by atoms with E-state index in [1.54, 1.807) is 25.3 Å². The average molecular weight is 399 g/mol. The number of hydrogen-bond donors (Lipinski definition) is 2. The fraction of sp³-hybridized carbons (Fsp3) is 0.111. The minimum absolute atomic E-state index is 0.468. The van der Waals surface area contributed by atoms with Gasteiger partial charge in [-0.3, -0.25) is 5.10 Å². The van der Waals surface area contributed by atoms with Crippen LogP contribution in [0.4, 0.5) is 5.82 Å². The van der Waals surface area contributed by atoms with Gasteiger partial charge in [-0.2, -0.15) is 0 Å². The van der Waals surface area contributed by atoms with Crippen molar-refractivity contribution in [1.82, 2.24) is 25.1 Å². The first-order chi connectivity index (χ1) is 13.1. The number of nitrogens with zero attached hydrogens (tertiary/aromatic N) is 4. The molecule has 9 heteroatoms. The summed E-state index contributed by atoms with van der Waals surface area (Å²) in [7, 11) is 1.60. The second kappa shape index (κ2) is 7.42. The molecule has 7 nitrogen and oxygen atoms in total. The van der Waals surface area contributed by atoms with Crippen molar-refractivity contribution in [2.75, 3.05) is 12.8 Å². The van der Waals surface area contributed by atoms with Gasteiger partial charge in [0.2, 0.25) is 5.16 Å². The lowest BCUT2D eigenvalue weighted by atomic mass is 10.2. The Morgan fingerprint density at radius 3 is 2.85 bits per heavy atom. The average Bonchev–Trinajstić information content (AvgIpc) is 3.15. The maximum Gasteiger partial charge on any atom is 0.209 e. The Morgan fingerprint density at radius 1 is 1.15 bits per heavy atom. The number of aromatic amines is 1. The predicted octanol–water partition coefficient (Wildman–Crippen LogP) is 3.95. The zero-order chi connectivity index (χ0) is 18.8. The molecule has 0 saturated heterocycles. The molecule has 27 heavy (non-hydrogen) atoms. The van der Waals surface area contributed by atoms with Crippen LogP contribution in [0.1, 0.15) is 5.82 Å². The van der Waals surface area contributed by atoms with Gasteiger partial charge in [-0.25, -0.2) is 15.0 Å². The van der Waals surface area contributed by atoms with Crippen molar-refractivity contribution in [2.45, 2.75) is 10.9 Å². The van der Waals surface area contributed by atoms with Crippen molar-refractivity contribution in [2.24, 2.45) is 0 Å². The Bertz CT molecular complexity index is 1120. The van der Waals surface area contributed by atoms with Crippen LogP contribution >= 0.6 is 23.4 Å². The maximum absolute atomic E-state index is 6.08. The number of anilines is 1. The molecule has 2 aromatic heterocycles. The van der Waals surface area contributed by atoms with E-state index >= 15 is 0 Å². The van der Waals surface area contributed by atoms with E-state index in [2.05, 4.69) is 25.1 Å². The molecule has 0 amide bonds. The number of para-hydroxylation sites is 1. The lowest BCUT2D eigenvalue weighted by Crippen LogP contribution is -2.00. The van der Waals surface area contributed by atoms with E-state index in [1.807, 2.05) is 24.3 Å². The van der Waals surface area contributed by atoms with Crippen LogP contribution in [0.15, 0.2) is 47.6 Å². The van der Waals surface area contributed by atoms with E-state index in [0.29, 0.717) is 39.1 Å². The van der Waals surface area contributed by atoms with E-state index in [9.17, 15) is 0 Å². The van der Waals surface area contributed by atoms with Crippen molar-refractivity contribution in [1.29, 1.82) is 0 Å². The van der Waals surface area contributed by atoms with Crippen molar-refractivity contribution < 1.29 is 4.74 Å². The number of thioether (sulfide) groups is 1. The molecule has 0 unspecified atom stereocenters. The van der Waals surface area contributed by atoms with Gasteiger partial charge in [0.25, 0.3) is 0 Å². The Hall–Kier alpha value is -2.84. The molecule has 0 aliphatic carbocycles. The number of fused-ring (bicyclic) bond motifs is 1. The summed E-state index contributed by atoms with van der Waals surface area (Å²) in [6.45, 7) is 0. The molecule has 0 aliphatic heterocycles. The van der Waals surface area contributed by atoms with Crippen molar-refractivity contribution in [3.05, 3.63) is 53.3 Å². The quantitative estimate of drug-likeness (QED) is 0.490. The van der Waals surface area contributed by atoms with Gasteiger partial charge in [0.05, 0.1) is 23.9 Å². The molecule has 0 fully saturated rings. The number of aromatic nitrogens is 5. The van der Waals surface area contributed by atoms with Gasteiger partial charge in [0.15, 0.2) is 5.82 Å². The van der Waals surface area contributed by atoms with Gasteiger partial charge in [-0.05, 0) is 30.3 Å². The van der Waals surface area contributed by atoms with E-state index in [0.717, 1.165) is 16.5 Å². The molecule has 0 atom stereocenters. The predicted molar refractivity (Wildman–Crippen MR) is 107 cm³/mol. The van der Waals surface area contributed by atoms with Gasteiger partial charge in [-0.1, -0.05) is 35.5 Å². The highest BCUT2D eigenvalue weighted by Crippen LogP contribution is 2.31. The number of methoxy groups -OCH3 is 1. The molecule has 3 N–H and O–H groups in total. The fourth-order valence-electron chi connectivity index (χ4n) is 2.64. The first-order valence-electron chi connectivity index (χ1n) is 8.04. The highest BCUT2D eigenvalue weighted by molar-refractivity contribution is 7.98. The van der Waals surface area contributed by atoms with E-state index in [4.69, 9.17) is 22.1 Å². The van der Waals surface area contributed by atoms with Gasteiger partial charge < -0.3 is 10.5 Å². The monoisotopic (exact) mass is 398 g/mol. The molecular formula is C18H15ClN6OS. The smallest absolute Gasteiger partial charge is 0.209 e. The number of nitrogens with one attached hydrogen (secondary N) is 1. The number of rotatable bonds is 5. The first-order valence-corrected chi connectivity index (χ1v) is 9.40. The molecule has 0 bridgehead atoms. The summed E-state index contributed by atoms with van der Waals surface area (Å²) in [5.41, 5.74) is 7.59. The second-order valence-corrected chi connectivity index (χ2v) is 7.02. The molecule has 0 aliphatic rings. The molecule has 2 heterocycles. The highest BCUT2D eigenvalue weighted by Gasteiger charge is 2.13. The number of halogens is 1. The molecule has 0 saturated carbocycles. The molecule has 0 spiro atoms. The zero-order valence-electron chi connectivity index (χ0n) is 14.3. The Morgan fingerprint density at radius 2 is 2.00 bits per heavy atom. The van der Waals surface area contributed by atoms with Gasteiger partial charge in [0, 0.05) is 10.4 Å². The third-order valence-electron chi connectivity index (χ3n) is 3.89. The van der Waals surface area contributed by atoms with E-state index in [-0.39, 0.29) is 0 Å². The molecular weight excluding hydrogens is 384 g/mol. The van der Waals surface area contributed by atoms with Crippen LogP contribution < -0.4 is 10.5 Å². The molecule has 136 valence electrons. The van der Waals surface area contributed by atoms with Crippen LogP contribution in [-0.4, -0.2) is 32.3 Å². The topological polar surface area (TPSA) is 103 Å². The number of ether oxygens (including phenoxy) is 1. The van der Waals surface area contributed by atoms with Crippen molar-refractivity contribution in [3.63, 3.8) is 0 Å². The third-order valence-corrected chi connectivity index (χ3v) is 4.97. The van der Waals surface area contributed by atoms with Gasteiger partial charge in [-0.15, -0.1) is 5.10 Å². The Labute approximate surface area is 164 Å². The molecule has 4 aromatic rings. The number of hydrogen-bond acceptors (Lipinski definition) is 7. The Kier molecular flexibility index (Phi) is 4.83. The van der Waals surface area contributed by atoms with Crippen molar-refractivity contribution >= 4 is 40.1 Å². The second-order valence-electron chi connectivity index (χ2n) is 5.64. The minimum Gasteiger partial charge on any atom is -0.496 e. The van der Waals surface area contributed by atoms with Crippen LogP contribution in [-0.2, 0) is 5.75 Å². The number of benzene rings is 2. The number of nitrogen functional groups attached to an aromatic ring is 1. The zero-order valence-corrected chi connectivity index (χ0v) is 15.9. The van der Waals surface area contributed by atoms with E-state index < -0.39 is 0 Å². The summed E-state index contributed by atoms with van der Waals surface area (Å²) in [4.78, 5) is 13.4. The van der Waals surface area contributed by atoms with Crippen LogP contribution in [0.25, 0.3) is 22.3 Å². The fourth-order valence-corrected chi connectivity index (χ4v) is 3.47. The van der Waals surface area contributed by atoms with Gasteiger partial charge >= 0.3 is 0 Å². The SMILES string of the molecule is COc1ccc(Cl)cc1-c1nc(SCc2nc(N)c3ccccc3n2)n[nH]1. The first kappa shape index (κ1) is 17.6.